The minimum atomic E-state index is -1.18. The first-order valence-electron chi connectivity index (χ1n) is 10.7. The summed E-state index contributed by atoms with van der Waals surface area (Å²) in [7, 11) is 0. The van der Waals surface area contributed by atoms with Gasteiger partial charge in [-0.15, -0.1) is 0 Å². The minimum Gasteiger partial charge on any atom is -0.395 e. The van der Waals surface area contributed by atoms with Crippen LogP contribution >= 0.6 is 0 Å². The second-order valence-electron chi connectivity index (χ2n) is 9.72. The highest BCUT2D eigenvalue weighted by Crippen LogP contribution is 2.63. The van der Waals surface area contributed by atoms with Gasteiger partial charge in [-0.1, -0.05) is 46.8 Å². The second kappa shape index (κ2) is 7.36. The van der Waals surface area contributed by atoms with Crippen LogP contribution in [0, 0.1) is 35.0 Å². The molecule has 0 aromatic carbocycles. The molecule has 0 aromatic rings. The number of allylic oxidation sites excluding steroid dienone is 2. The molecule has 2 saturated carbocycles. The highest BCUT2D eigenvalue weighted by molar-refractivity contribution is 5.93. The Morgan fingerprint density at radius 3 is 2.56 bits per heavy atom. The van der Waals surface area contributed by atoms with E-state index >= 15 is 0 Å². The molecule has 0 unspecified atom stereocenters. The first kappa shape index (κ1) is 20.6. The van der Waals surface area contributed by atoms with Crippen molar-refractivity contribution in [2.75, 3.05) is 13.2 Å². The lowest BCUT2D eigenvalue weighted by Gasteiger charge is -2.50. The van der Waals surface area contributed by atoms with Crippen LogP contribution in [-0.4, -0.2) is 39.9 Å². The van der Waals surface area contributed by atoms with Crippen LogP contribution < -0.4 is 0 Å². The van der Waals surface area contributed by atoms with Crippen molar-refractivity contribution < 1.29 is 15.0 Å². The topological polar surface area (TPSA) is 60.8 Å². The molecule has 0 saturated heterocycles. The normalized spacial score (nSPS) is 38.3. The zero-order valence-electron chi connectivity index (χ0n) is 17.6. The first-order chi connectivity index (χ1) is 12.6. The summed E-state index contributed by atoms with van der Waals surface area (Å²) in [6.07, 6.45) is 10.1. The number of hydrogen-bond donors (Lipinski definition) is 2. The average molecular weight is 376 g/mol. The summed E-state index contributed by atoms with van der Waals surface area (Å²) in [6, 6.07) is 0. The van der Waals surface area contributed by atoms with Crippen LogP contribution in [0.15, 0.2) is 23.8 Å². The molecule has 0 bridgehead atoms. The number of carbonyl (C=O) groups excluding carboxylic acids is 1. The second-order valence-corrected chi connectivity index (χ2v) is 9.72. The quantitative estimate of drug-likeness (QED) is 0.695. The van der Waals surface area contributed by atoms with Crippen molar-refractivity contribution in [1.82, 2.24) is 4.90 Å². The van der Waals surface area contributed by atoms with Crippen LogP contribution in [0.2, 0.25) is 0 Å². The van der Waals surface area contributed by atoms with Gasteiger partial charge in [0.25, 0.3) is 0 Å². The van der Waals surface area contributed by atoms with Crippen LogP contribution in [0.5, 0.6) is 0 Å². The number of aliphatic hydroxyl groups excluding tert-OH is 1. The highest BCUT2D eigenvalue weighted by atomic mass is 16.3. The van der Waals surface area contributed by atoms with Gasteiger partial charge < -0.3 is 15.1 Å². The molecule has 0 spiro atoms. The molecular weight excluding hydrogens is 338 g/mol. The SMILES string of the molecule is CC(C)[C@@H](C)/C=C/[C@@H](C)[C@H]1CC[C@@H]2C3=CC(=O)N(CCO)[C@]3(O)CC[C@@]21C. The summed E-state index contributed by atoms with van der Waals surface area (Å²) in [5.41, 5.74) is -0.147. The maximum Gasteiger partial charge on any atom is 0.249 e. The molecular formula is C23H37NO3. The maximum absolute atomic E-state index is 12.5. The fraction of sp³-hybridized carbons (Fsp3) is 0.783. The van der Waals surface area contributed by atoms with Crippen LogP contribution in [-0.2, 0) is 4.79 Å². The third-order valence-corrected chi connectivity index (χ3v) is 7.98. The first-order valence-corrected chi connectivity index (χ1v) is 10.7. The van der Waals surface area contributed by atoms with Gasteiger partial charge in [0, 0.05) is 12.6 Å². The molecule has 0 radical (unpaired) electrons. The van der Waals surface area contributed by atoms with Crippen molar-refractivity contribution in [3.63, 3.8) is 0 Å². The molecule has 3 aliphatic rings. The van der Waals surface area contributed by atoms with Gasteiger partial charge in [-0.3, -0.25) is 4.79 Å². The van der Waals surface area contributed by atoms with Gasteiger partial charge in [-0.25, -0.2) is 0 Å². The van der Waals surface area contributed by atoms with E-state index in [1.54, 1.807) is 6.08 Å². The van der Waals surface area contributed by atoms with Crippen molar-refractivity contribution in [2.45, 2.75) is 66.0 Å². The predicted octanol–water partition coefficient (Wildman–Crippen LogP) is 3.75. The van der Waals surface area contributed by atoms with Crippen molar-refractivity contribution in [2.24, 2.45) is 35.0 Å². The van der Waals surface area contributed by atoms with E-state index in [4.69, 9.17) is 0 Å². The fourth-order valence-corrected chi connectivity index (χ4v) is 5.87. The number of nitrogens with zero attached hydrogens (tertiary/aromatic N) is 1. The van der Waals surface area contributed by atoms with E-state index in [0.717, 1.165) is 24.8 Å². The van der Waals surface area contributed by atoms with E-state index in [1.807, 2.05) is 0 Å². The Kier molecular flexibility index (Phi) is 5.62. The lowest BCUT2D eigenvalue weighted by Crippen LogP contribution is -2.55. The van der Waals surface area contributed by atoms with Crippen LogP contribution in [0.4, 0.5) is 0 Å². The van der Waals surface area contributed by atoms with Crippen LogP contribution in [0.3, 0.4) is 0 Å². The van der Waals surface area contributed by atoms with Gasteiger partial charge in [0.05, 0.1) is 6.61 Å². The number of hydrogen-bond acceptors (Lipinski definition) is 3. The lowest BCUT2D eigenvalue weighted by atomic mass is 9.59. The molecule has 4 heteroatoms. The number of β-amino-alcohol motifs (C(OH)–C–C–N with tert-alkyl or cyclic N) is 1. The highest BCUT2D eigenvalue weighted by Gasteiger charge is 2.60. The Balaban J connectivity index is 1.81. The summed E-state index contributed by atoms with van der Waals surface area (Å²) in [4.78, 5) is 13.9. The van der Waals surface area contributed by atoms with Gasteiger partial charge in [0.15, 0.2) is 5.72 Å². The molecule has 1 aliphatic heterocycles. The van der Waals surface area contributed by atoms with E-state index in [0.29, 0.717) is 30.1 Å². The standard InChI is InChI=1S/C23H37NO3/c1-15(2)16(3)6-7-17(4)18-8-9-19-20-14-21(26)24(12-13-25)23(20,27)11-10-22(18,19)5/h6-7,14-19,25,27H,8-13H2,1-5H3/b7-6+/t16-,17+,18+,19+,22+,23-/m0/s1. The molecule has 1 heterocycles. The lowest BCUT2D eigenvalue weighted by molar-refractivity contribution is -0.152. The van der Waals surface area contributed by atoms with Crippen molar-refractivity contribution in [1.29, 1.82) is 0 Å². The molecule has 27 heavy (non-hydrogen) atoms. The average Bonchev–Trinajstić information content (AvgIpc) is 3.08. The van der Waals surface area contributed by atoms with E-state index < -0.39 is 5.72 Å². The van der Waals surface area contributed by atoms with Gasteiger partial charge in [0.1, 0.15) is 0 Å². The third-order valence-electron chi connectivity index (χ3n) is 7.98. The molecule has 152 valence electrons. The third kappa shape index (κ3) is 3.29. The molecule has 6 atom stereocenters. The van der Waals surface area contributed by atoms with Gasteiger partial charge in [-0.2, -0.15) is 0 Å². The molecule has 3 rings (SSSR count). The predicted molar refractivity (Wildman–Crippen MR) is 108 cm³/mol. The maximum atomic E-state index is 12.5. The van der Waals surface area contributed by atoms with Crippen LogP contribution in [0.1, 0.15) is 60.3 Å². The molecule has 2 N–H and O–H groups in total. The summed E-state index contributed by atoms with van der Waals surface area (Å²) in [5.74, 6) is 2.41. The Bertz CT molecular complexity index is 640. The number of aliphatic hydroxyl groups is 2. The Morgan fingerprint density at radius 1 is 1.22 bits per heavy atom. The Labute approximate surface area is 164 Å². The van der Waals surface area contributed by atoms with Crippen molar-refractivity contribution in [3.05, 3.63) is 23.8 Å². The van der Waals surface area contributed by atoms with Gasteiger partial charge in [0.2, 0.25) is 5.91 Å². The summed E-state index contributed by atoms with van der Waals surface area (Å²) < 4.78 is 0. The van der Waals surface area contributed by atoms with Crippen LogP contribution in [0.25, 0.3) is 0 Å². The van der Waals surface area contributed by atoms with E-state index in [9.17, 15) is 15.0 Å². The van der Waals surface area contributed by atoms with Crippen molar-refractivity contribution in [3.8, 4) is 0 Å². The summed E-state index contributed by atoms with van der Waals surface area (Å²) in [6.45, 7) is 11.6. The Morgan fingerprint density at radius 2 is 1.93 bits per heavy atom. The van der Waals surface area contributed by atoms with Crippen molar-refractivity contribution >= 4 is 5.91 Å². The fourth-order valence-electron chi connectivity index (χ4n) is 5.87. The number of carbonyl (C=O) groups is 1. The van der Waals surface area contributed by atoms with Gasteiger partial charge in [-0.05, 0) is 66.3 Å². The molecule has 0 aromatic heterocycles. The van der Waals surface area contributed by atoms with E-state index in [1.165, 1.54) is 4.90 Å². The number of fused-ring (bicyclic) bond motifs is 3. The largest absolute Gasteiger partial charge is 0.395 e. The number of rotatable bonds is 6. The monoisotopic (exact) mass is 375 g/mol. The van der Waals surface area contributed by atoms with E-state index in [-0.39, 0.29) is 30.4 Å². The summed E-state index contributed by atoms with van der Waals surface area (Å²) >= 11 is 0. The minimum absolute atomic E-state index is 0.115. The molecule has 4 nitrogen and oxygen atoms in total. The zero-order valence-corrected chi connectivity index (χ0v) is 17.6. The smallest absolute Gasteiger partial charge is 0.249 e. The zero-order chi connectivity index (χ0) is 20.0. The molecule has 2 aliphatic carbocycles. The summed E-state index contributed by atoms with van der Waals surface area (Å²) in [5, 5.41) is 20.6. The van der Waals surface area contributed by atoms with E-state index in [2.05, 4.69) is 46.8 Å². The Hall–Kier alpha value is -1.13. The molecule has 1 amide bonds. The molecule has 2 fully saturated rings. The number of amides is 1. The van der Waals surface area contributed by atoms with Gasteiger partial charge >= 0.3 is 0 Å².